The van der Waals surface area contributed by atoms with Crippen LogP contribution < -0.4 is 5.32 Å². The molecule has 0 aliphatic rings. The maximum Gasteiger partial charge on any atom is 0.348 e. The van der Waals surface area contributed by atoms with Gasteiger partial charge in [-0.3, -0.25) is 4.79 Å². The number of aryl methyl sites for hydroxylation is 1. The van der Waals surface area contributed by atoms with Crippen LogP contribution in [0.4, 0.5) is 5.00 Å². The average molecular weight is 473 g/mol. The van der Waals surface area contributed by atoms with E-state index in [0.29, 0.717) is 21.0 Å². The lowest BCUT2D eigenvalue weighted by Crippen LogP contribution is -2.26. The molecule has 0 atom stereocenters. The monoisotopic (exact) mass is 472 g/mol. The topological polar surface area (TPSA) is 92.8 Å². The number of nitrogens with one attached hydrogen (secondary N) is 1. The van der Waals surface area contributed by atoms with E-state index in [1.54, 1.807) is 19.9 Å². The Balaban J connectivity index is 1.70. The van der Waals surface area contributed by atoms with Crippen molar-refractivity contribution in [2.24, 2.45) is 0 Å². The zero-order chi connectivity index (χ0) is 23.3. The molecule has 1 N–H and O–H groups in total. The minimum atomic E-state index is -3.70. The van der Waals surface area contributed by atoms with Crippen molar-refractivity contribution in [3.05, 3.63) is 82.2 Å². The van der Waals surface area contributed by atoms with E-state index in [1.807, 2.05) is 30.3 Å². The van der Waals surface area contributed by atoms with Crippen LogP contribution in [0.2, 0.25) is 0 Å². The van der Waals surface area contributed by atoms with Gasteiger partial charge in [0, 0.05) is 19.2 Å². The first-order chi connectivity index (χ1) is 15.2. The number of hydrogen-bond acceptors (Lipinski definition) is 6. The third-order valence-corrected chi connectivity index (χ3v) is 7.64. The van der Waals surface area contributed by atoms with Gasteiger partial charge < -0.3 is 10.1 Å². The van der Waals surface area contributed by atoms with Gasteiger partial charge in [0.05, 0.1) is 16.5 Å². The molecule has 1 aromatic heterocycles. The maximum atomic E-state index is 12.8. The molecule has 1 amide bonds. The quantitative estimate of drug-likeness (QED) is 0.493. The lowest BCUT2D eigenvalue weighted by Gasteiger charge is -2.17. The van der Waals surface area contributed by atoms with Crippen LogP contribution in [0, 0.1) is 6.92 Å². The predicted octanol–water partition coefficient (Wildman–Crippen LogP) is 4.31. The first kappa shape index (κ1) is 23.6. The summed E-state index contributed by atoms with van der Waals surface area (Å²) < 4.78 is 32.0. The Morgan fingerprint density at radius 1 is 1.06 bits per heavy atom. The largest absolute Gasteiger partial charge is 0.462 e. The van der Waals surface area contributed by atoms with Crippen LogP contribution in [0.3, 0.4) is 0 Å². The van der Waals surface area contributed by atoms with Gasteiger partial charge in [-0.2, -0.15) is 4.31 Å². The first-order valence-electron chi connectivity index (χ1n) is 9.91. The molecule has 0 unspecified atom stereocenters. The molecule has 0 bridgehead atoms. The summed E-state index contributed by atoms with van der Waals surface area (Å²) in [5.74, 6) is -0.826. The predicted molar refractivity (Wildman–Crippen MR) is 125 cm³/mol. The number of esters is 1. The lowest BCUT2D eigenvalue weighted by molar-refractivity contribution is 0.0531. The fourth-order valence-corrected chi connectivity index (χ4v) is 5.13. The SMILES string of the molecule is CCOC(=O)c1sc(NC(=O)c2ccc(S(=O)(=O)N(C)Cc3ccccc3)cc2)cc1C. The van der Waals surface area contributed by atoms with Crippen molar-refractivity contribution in [2.75, 3.05) is 19.0 Å². The third-order valence-electron chi connectivity index (χ3n) is 4.69. The van der Waals surface area contributed by atoms with Crippen LogP contribution >= 0.6 is 11.3 Å². The Bertz CT molecular complexity index is 1200. The number of benzene rings is 2. The number of thiophene rings is 1. The highest BCUT2D eigenvalue weighted by molar-refractivity contribution is 7.89. The van der Waals surface area contributed by atoms with E-state index in [-0.39, 0.29) is 18.0 Å². The van der Waals surface area contributed by atoms with E-state index in [2.05, 4.69) is 5.32 Å². The standard InChI is InChI=1S/C23H24N2O5S2/c1-4-30-23(27)21-16(2)14-20(31-21)24-22(26)18-10-12-19(13-11-18)32(28,29)25(3)15-17-8-6-5-7-9-17/h5-14H,4,15H2,1-3H3,(H,24,26). The summed E-state index contributed by atoms with van der Waals surface area (Å²) in [6.45, 7) is 4.01. The Labute approximate surface area is 191 Å². The first-order valence-corrected chi connectivity index (χ1v) is 12.2. The van der Waals surface area contributed by atoms with Gasteiger partial charge >= 0.3 is 5.97 Å². The second-order valence-corrected chi connectivity index (χ2v) is 10.2. The van der Waals surface area contributed by atoms with Gasteiger partial charge in [0.2, 0.25) is 10.0 Å². The number of carbonyl (C=O) groups excluding carboxylic acids is 2. The molecule has 0 saturated heterocycles. The Hall–Kier alpha value is -3.01. The molecular weight excluding hydrogens is 448 g/mol. The van der Waals surface area contributed by atoms with Crippen molar-refractivity contribution in [3.63, 3.8) is 0 Å². The Morgan fingerprint density at radius 3 is 2.34 bits per heavy atom. The van der Waals surface area contributed by atoms with Crippen LogP contribution in [-0.4, -0.2) is 38.3 Å². The van der Waals surface area contributed by atoms with Crippen molar-refractivity contribution in [2.45, 2.75) is 25.3 Å². The maximum absolute atomic E-state index is 12.8. The molecule has 3 rings (SSSR count). The van der Waals surface area contributed by atoms with Crippen LogP contribution in [0.25, 0.3) is 0 Å². The van der Waals surface area contributed by atoms with Crippen molar-refractivity contribution in [1.82, 2.24) is 4.31 Å². The molecule has 1 heterocycles. The van der Waals surface area contributed by atoms with Crippen molar-refractivity contribution in [3.8, 4) is 0 Å². The molecule has 0 aliphatic carbocycles. The van der Waals surface area contributed by atoms with Crippen molar-refractivity contribution >= 4 is 38.2 Å². The number of ether oxygens (including phenoxy) is 1. The molecule has 0 aliphatic heterocycles. The summed E-state index contributed by atoms with van der Waals surface area (Å²) in [5, 5.41) is 3.25. The molecular formula is C23H24N2O5S2. The molecule has 0 radical (unpaired) electrons. The summed E-state index contributed by atoms with van der Waals surface area (Å²) in [6, 6.07) is 16.8. The smallest absolute Gasteiger partial charge is 0.348 e. The highest BCUT2D eigenvalue weighted by Gasteiger charge is 2.22. The molecule has 32 heavy (non-hydrogen) atoms. The number of amides is 1. The second kappa shape index (κ2) is 10.1. The number of hydrogen-bond donors (Lipinski definition) is 1. The van der Waals surface area contributed by atoms with Crippen molar-refractivity contribution < 1.29 is 22.7 Å². The summed E-state index contributed by atoms with van der Waals surface area (Å²) in [5.41, 5.74) is 1.90. The van der Waals surface area contributed by atoms with E-state index in [4.69, 9.17) is 4.74 Å². The normalized spacial score (nSPS) is 11.4. The third kappa shape index (κ3) is 5.42. The summed E-state index contributed by atoms with van der Waals surface area (Å²) in [6.07, 6.45) is 0. The zero-order valence-electron chi connectivity index (χ0n) is 18.0. The fraction of sp³-hybridized carbons (Fsp3) is 0.217. The van der Waals surface area contributed by atoms with Crippen LogP contribution in [0.5, 0.6) is 0 Å². The van der Waals surface area contributed by atoms with Gasteiger partial charge in [0.25, 0.3) is 5.91 Å². The van der Waals surface area contributed by atoms with Gasteiger partial charge in [-0.15, -0.1) is 11.3 Å². The Kier molecular flexibility index (Phi) is 7.44. The molecule has 0 fully saturated rings. The second-order valence-electron chi connectivity index (χ2n) is 7.07. The highest BCUT2D eigenvalue weighted by Crippen LogP contribution is 2.28. The van der Waals surface area contributed by atoms with Gasteiger partial charge in [-0.05, 0) is 55.3 Å². The molecule has 0 saturated carbocycles. The number of carbonyl (C=O) groups is 2. The van der Waals surface area contributed by atoms with E-state index < -0.39 is 21.9 Å². The summed E-state index contributed by atoms with van der Waals surface area (Å²) in [7, 11) is -2.19. The summed E-state index contributed by atoms with van der Waals surface area (Å²) in [4.78, 5) is 25.1. The Morgan fingerprint density at radius 2 is 1.72 bits per heavy atom. The molecule has 9 heteroatoms. The number of rotatable bonds is 8. The molecule has 2 aromatic carbocycles. The van der Waals surface area contributed by atoms with E-state index in [9.17, 15) is 18.0 Å². The van der Waals surface area contributed by atoms with Gasteiger partial charge in [-0.25, -0.2) is 13.2 Å². The number of nitrogens with zero attached hydrogens (tertiary/aromatic N) is 1. The summed E-state index contributed by atoms with van der Waals surface area (Å²) >= 11 is 1.13. The lowest BCUT2D eigenvalue weighted by atomic mass is 10.2. The number of sulfonamides is 1. The van der Waals surface area contributed by atoms with Gasteiger partial charge in [-0.1, -0.05) is 30.3 Å². The van der Waals surface area contributed by atoms with Gasteiger partial charge in [0.15, 0.2) is 0 Å². The van der Waals surface area contributed by atoms with E-state index in [0.717, 1.165) is 16.9 Å². The molecule has 3 aromatic rings. The fourth-order valence-electron chi connectivity index (χ4n) is 3.01. The molecule has 168 valence electrons. The van der Waals surface area contributed by atoms with Crippen LogP contribution in [0.1, 0.15) is 38.1 Å². The molecule has 0 spiro atoms. The average Bonchev–Trinajstić information content (AvgIpc) is 3.14. The van der Waals surface area contributed by atoms with Crippen molar-refractivity contribution in [1.29, 1.82) is 0 Å². The van der Waals surface area contributed by atoms with E-state index in [1.165, 1.54) is 35.6 Å². The van der Waals surface area contributed by atoms with E-state index >= 15 is 0 Å². The van der Waals surface area contributed by atoms with Crippen LogP contribution in [-0.2, 0) is 21.3 Å². The minimum Gasteiger partial charge on any atom is -0.462 e. The highest BCUT2D eigenvalue weighted by atomic mass is 32.2. The molecule has 7 nitrogen and oxygen atoms in total. The van der Waals surface area contributed by atoms with Gasteiger partial charge in [0.1, 0.15) is 4.88 Å². The van der Waals surface area contributed by atoms with Crippen LogP contribution in [0.15, 0.2) is 65.6 Å². The minimum absolute atomic E-state index is 0.101. The zero-order valence-corrected chi connectivity index (χ0v) is 19.6. The number of anilines is 1.